The molecule has 1 amide bonds. The molecule has 0 aliphatic rings. The third kappa shape index (κ3) is 3.00. The maximum absolute atomic E-state index is 12.0. The van der Waals surface area contributed by atoms with Crippen LogP contribution in [-0.2, 0) is 6.42 Å². The lowest BCUT2D eigenvalue weighted by atomic mass is 10.2. The molecule has 3 N–H and O–H groups in total. The van der Waals surface area contributed by atoms with Gasteiger partial charge in [-0.2, -0.15) is 0 Å². The number of amides is 1. The highest BCUT2D eigenvalue weighted by Crippen LogP contribution is 2.23. The number of carbonyl (C=O) groups excluding carboxylic acids is 1. The SMILES string of the molecule is CCc1nnc(NC(=O)c2ccc(OC)c(N)c2)s1. The van der Waals surface area contributed by atoms with Crippen LogP contribution < -0.4 is 15.8 Å². The standard InChI is InChI=1S/C12H14N4O2S/c1-3-10-15-16-12(19-10)14-11(17)7-4-5-9(18-2)8(13)6-7/h4-6H,3,13H2,1-2H3,(H,14,16,17). The van der Waals surface area contributed by atoms with Crippen molar-refractivity contribution in [2.45, 2.75) is 13.3 Å². The molecule has 2 aromatic rings. The number of nitrogens with one attached hydrogen (secondary N) is 1. The van der Waals surface area contributed by atoms with Gasteiger partial charge in [0.1, 0.15) is 10.8 Å². The van der Waals surface area contributed by atoms with Crippen molar-refractivity contribution < 1.29 is 9.53 Å². The summed E-state index contributed by atoms with van der Waals surface area (Å²) in [5.41, 5.74) is 6.63. The number of carbonyl (C=O) groups is 1. The summed E-state index contributed by atoms with van der Waals surface area (Å²) < 4.78 is 5.04. The van der Waals surface area contributed by atoms with E-state index in [2.05, 4.69) is 15.5 Å². The largest absolute Gasteiger partial charge is 0.495 e. The molecule has 0 aliphatic carbocycles. The topological polar surface area (TPSA) is 90.1 Å². The predicted molar refractivity (Wildman–Crippen MR) is 74.6 cm³/mol. The van der Waals surface area contributed by atoms with E-state index in [9.17, 15) is 4.79 Å². The van der Waals surface area contributed by atoms with Crippen molar-refractivity contribution in [1.82, 2.24) is 10.2 Å². The van der Waals surface area contributed by atoms with Gasteiger partial charge in [-0.15, -0.1) is 10.2 Å². The first kappa shape index (κ1) is 13.3. The Bertz CT molecular complexity index is 597. The van der Waals surface area contributed by atoms with Crippen molar-refractivity contribution in [3.05, 3.63) is 28.8 Å². The first-order valence-corrected chi connectivity index (χ1v) is 6.53. The zero-order valence-corrected chi connectivity index (χ0v) is 11.5. The van der Waals surface area contributed by atoms with Crippen molar-refractivity contribution >= 4 is 28.1 Å². The van der Waals surface area contributed by atoms with Gasteiger partial charge in [-0.05, 0) is 24.6 Å². The minimum atomic E-state index is -0.270. The van der Waals surface area contributed by atoms with E-state index in [0.717, 1.165) is 11.4 Å². The van der Waals surface area contributed by atoms with Crippen molar-refractivity contribution in [3.63, 3.8) is 0 Å². The molecule has 0 bridgehead atoms. The van der Waals surface area contributed by atoms with E-state index in [4.69, 9.17) is 10.5 Å². The summed E-state index contributed by atoms with van der Waals surface area (Å²) in [6.07, 6.45) is 0.795. The fourth-order valence-corrected chi connectivity index (χ4v) is 2.17. The number of nitrogens with zero attached hydrogens (tertiary/aromatic N) is 2. The molecule has 0 saturated heterocycles. The minimum absolute atomic E-state index is 0.270. The van der Waals surface area contributed by atoms with Crippen LogP contribution in [0, 0.1) is 0 Å². The van der Waals surface area contributed by atoms with Crippen LogP contribution in [-0.4, -0.2) is 23.2 Å². The van der Waals surface area contributed by atoms with Gasteiger partial charge in [0.15, 0.2) is 0 Å². The molecule has 100 valence electrons. The fraction of sp³-hybridized carbons (Fsp3) is 0.250. The lowest BCUT2D eigenvalue weighted by Crippen LogP contribution is -2.12. The Hall–Kier alpha value is -2.15. The summed E-state index contributed by atoms with van der Waals surface area (Å²) in [6, 6.07) is 4.87. The molecule has 0 radical (unpaired) electrons. The monoisotopic (exact) mass is 278 g/mol. The van der Waals surface area contributed by atoms with Gasteiger partial charge in [-0.3, -0.25) is 10.1 Å². The quantitative estimate of drug-likeness (QED) is 0.834. The summed E-state index contributed by atoms with van der Waals surface area (Å²) in [5, 5.41) is 11.9. The van der Waals surface area contributed by atoms with Gasteiger partial charge in [0.05, 0.1) is 12.8 Å². The van der Waals surface area contributed by atoms with Gasteiger partial charge >= 0.3 is 0 Å². The Balaban J connectivity index is 2.13. The second-order valence-electron chi connectivity index (χ2n) is 3.77. The number of hydrogen-bond acceptors (Lipinski definition) is 6. The van der Waals surface area contributed by atoms with Gasteiger partial charge in [0.2, 0.25) is 5.13 Å². The molecule has 0 fully saturated rings. The molecule has 0 unspecified atom stereocenters. The van der Waals surface area contributed by atoms with Gasteiger partial charge < -0.3 is 10.5 Å². The van der Waals surface area contributed by atoms with Crippen molar-refractivity contribution in [3.8, 4) is 5.75 Å². The first-order valence-electron chi connectivity index (χ1n) is 5.71. The van der Waals surface area contributed by atoms with E-state index in [-0.39, 0.29) is 5.91 Å². The van der Waals surface area contributed by atoms with Crippen LogP contribution in [0.1, 0.15) is 22.3 Å². The number of ether oxygens (including phenoxy) is 1. The van der Waals surface area contributed by atoms with Crippen molar-refractivity contribution in [2.24, 2.45) is 0 Å². The highest BCUT2D eigenvalue weighted by atomic mass is 32.1. The van der Waals surface area contributed by atoms with E-state index in [1.54, 1.807) is 18.2 Å². The number of nitrogen functional groups attached to an aromatic ring is 1. The van der Waals surface area contributed by atoms with Crippen molar-refractivity contribution in [2.75, 3.05) is 18.2 Å². The van der Waals surface area contributed by atoms with E-state index in [1.165, 1.54) is 18.4 Å². The number of aromatic nitrogens is 2. The van der Waals surface area contributed by atoms with Gasteiger partial charge in [0.25, 0.3) is 5.91 Å². The maximum atomic E-state index is 12.0. The zero-order chi connectivity index (χ0) is 13.8. The molecule has 1 aromatic heterocycles. The molecular formula is C12H14N4O2S. The highest BCUT2D eigenvalue weighted by Gasteiger charge is 2.11. The third-order valence-corrected chi connectivity index (χ3v) is 3.46. The molecule has 0 atom stereocenters. The van der Waals surface area contributed by atoms with Crippen molar-refractivity contribution in [1.29, 1.82) is 0 Å². The summed E-state index contributed by atoms with van der Waals surface area (Å²) in [6.45, 7) is 1.98. The highest BCUT2D eigenvalue weighted by molar-refractivity contribution is 7.15. The Labute approximate surface area is 114 Å². The molecule has 1 aromatic carbocycles. The number of anilines is 2. The van der Waals surface area contributed by atoms with Crippen LogP contribution in [0.15, 0.2) is 18.2 Å². The Morgan fingerprint density at radius 2 is 2.26 bits per heavy atom. The molecule has 0 saturated carbocycles. The molecule has 0 aliphatic heterocycles. The number of methoxy groups -OCH3 is 1. The Morgan fingerprint density at radius 1 is 1.47 bits per heavy atom. The molecule has 6 nitrogen and oxygen atoms in total. The van der Waals surface area contributed by atoms with Gasteiger partial charge in [-0.25, -0.2) is 0 Å². The molecule has 7 heteroatoms. The summed E-state index contributed by atoms with van der Waals surface area (Å²) in [5.74, 6) is 0.272. The second kappa shape index (κ2) is 5.66. The molecule has 0 spiro atoms. The van der Waals surface area contributed by atoms with Crippen LogP contribution in [0.2, 0.25) is 0 Å². The summed E-state index contributed by atoms with van der Waals surface area (Å²) in [7, 11) is 1.53. The third-order valence-electron chi connectivity index (χ3n) is 2.48. The summed E-state index contributed by atoms with van der Waals surface area (Å²) in [4.78, 5) is 12.0. The van der Waals surface area contributed by atoms with E-state index in [0.29, 0.717) is 22.1 Å². The van der Waals surface area contributed by atoms with Crippen LogP contribution in [0.5, 0.6) is 5.75 Å². The lowest BCUT2D eigenvalue weighted by Gasteiger charge is -2.06. The predicted octanol–water partition coefficient (Wildman–Crippen LogP) is 1.94. The smallest absolute Gasteiger partial charge is 0.257 e. The second-order valence-corrected chi connectivity index (χ2v) is 4.83. The van der Waals surface area contributed by atoms with Gasteiger partial charge in [-0.1, -0.05) is 18.3 Å². The number of nitrogens with two attached hydrogens (primary N) is 1. The van der Waals surface area contributed by atoms with Crippen LogP contribution in [0.3, 0.4) is 0 Å². The van der Waals surface area contributed by atoms with E-state index >= 15 is 0 Å². The first-order chi connectivity index (χ1) is 9.13. The molecule has 19 heavy (non-hydrogen) atoms. The number of benzene rings is 1. The zero-order valence-electron chi connectivity index (χ0n) is 10.6. The van der Waals surface area contributed by atoms with Crippen LogP contribution in [0.4, 0.5) is 10.8 Å². The lowest BCUT2D eigenvalue weighted by molar-refractivity contribution is 0.102. The summed E-state index contributed by atoms with van der Waals surface area (Å²) >= 11 is 1.36. The van der Waals surface area contributed by atoms with E-state index in [1.807, 2.05) is 6.92 Å². The average molecular weight is 278 g/mol. The van der Waals surface area contributed by atoms with Gasteiger partial charge in [0, 0.05) is 5.56 Å². The minimum Gasteiger partial charge on any atom is -0.495 e. The Morgan fingerprint density at radius 3 is 2.84 bits per heavy atom. The van der Waals surface area contributed by atoms with E-state index < -0.39 is 0 Å². The number of hydrogen-bond donors (Lipinski definition) is 2. The molecule has 1 heterocycles. The Kier molecular flexibility index (Phi) is 3.96. The number of aryl methyl sites for hydroxylation is 1. The molecular weight excluding hydrogens is 264 g/mol. The van der Waals surface area contributed by atoms with Crippen LogP contribution in [0.25, 0.3) is 0 Å². The normalized spacial score (nSPS) is 10.2. The van der Waals surface area contributed by atoms with Crippen LogP contribution >= 0.6 is 11.3 Å². The number of rotatable bonds is 4. The average Bonchev–Trinajstić information content (AvgIpc) is 2.86. The fourth-order valence-electron chi connectivity index (χ4n) is 1.49. The maximum Gasteiger partial charge on any atom is 0.257 e. The molecule has 2 rings (SSSR count).